The highest BCUT2D eigenvalue weighted by atomic mass is 15.3. The molecule has 0 aliphatic carbocycles. The average molecular weight is 457 g/mol. The number of fused-ring (bicyclic) bond motifs is 3. The van der Waals surface area contributed by atoms with E-state index < -0.39 is 0 Å². The fourth-order valence-electron chi connectivity index (χ4n) is 5.24. The molecule has 0 radical (unpaired) electrons. The topological polar surface area (TPSA) is 60.5 Å². The molecule has 0 N–H and O–H groups in total. The molecule has 2 unspecified atom stereocenters. The van der Waals surface area contributed by atoms with Crippen molar-refractivity contribution in [2.45, 2.75) is 38.0 Å². The average Bonchev–Trinajstić information content (AvgIpc) is 2.87. The van der Waals surface area contributed by atoms with Crippen molar-refractivity contribution in [2.75, 3.05) is 52.4 Å². The minimum atomic E-state index is -0.387. The Morgan fingerprint density at radius 3 is 1.35 bits per heavy atom. The summed E-state index contributed by atoms with van der Waals surface area (Å²) in [6.07, 6.45) is 2.00. The monoisotopic (exact) mass is 456 g/mol. The maximum Gasteiger partial charge on any atom is 0.127 e. The molecular formula is C28H36N6. The van der Waals surface area contributed by atoms with Crippen LogP contribution in [0.5, 0.6) is 0 Å². The summed E-state index contributed by atoms with van der Waals surface area (Å²) in [4.78, 5) is 9.57. The van der Waals surface area contributed by atoms with E-state index in [-0.39, 0.29) is 12.1 Å². The van der Waals surface area contributed by atoms with Gasteiger partial charge < -0.3 is 0 Å². The van der Waals surface area contributed by atoms with Crippen molar-refractivity contribution in [3.8, 4) is 12.1 Å². The van der Waals surface area contributed by atoms with E-state index in [9.17, 15) is 10.5 Å². The van der Waals surface area contributed by atoms with Gasteiger partial charge >= 0.3 is 0 Å². The van der Waals surface area contributed by atoms with Crippen LogP contribution in [0.25, 0.3) is 0 Å². The Bertz CT molecular complexity index is 871. The van der Waals surface area contributed by atoms with E-state index in [1.807, 2.05) is 0 Å². The Labute approximate surface area is 204 Å². The zero-order valence-electron chi connectivity index (χ0n) is 20.1. The number of rotatable bonds is 4. The van der Waals surface area contributed by atoms with Crippen molar-refractivity contribution in [3.05, 3.63) is 71.8 Å². The third-order valence-corrected chi connectivity index (χ3v) is 7.09. The van der Waals surface area contributed by atoms with Crippen molar-refractivity contribution in [2.24, 2.45) is 0 Å². The summed E-state index contributed by atoms with van der Waals surface area (Å²) >= 11 is 0. The predicted octanol–water partition coefficient (Wildman–Crippen LogP) is 3.19. The highest BCUT2D eigenvalue weighted by molar-refractivity contribution is 5.16. The Morgan fingerprint density at radius 2 is 0.971 bits per heavy atom. The van der Waals surface area contributed by atoms with Crippen LogP contribution >= 0.6 is 0 Å². The van der Waals surface area contributed by atoms with Gasteiger partial charge in [-0.25, -0.2) is 0 Å². The molecule has 2 aliphatic heterocycles. The number of nitriles is 2. The molecule has 178 valence electrons. The molecule has 2 heterocycles. The second-order valence-electron chi connectivity index (χ2n) is 9.45. The van der Waals surface area contributed by atoms with Crippen LogP contribution in [0.3, 0.4) is 0 Å². The Balaban J connectivity index is 1.51. The molecule has 0 aromatic heterocycles. The summed E-state index contributed by atoms with van der Waals surface area (Å²) in [6.45, 7) is 9.01. The van der Waals surface area contributed by atoms with Crippen molar-refractivity contribution < 1.29 is 0 Å². The molecule has 6 nitrogen and oxygen atoms in total. The zero-order chi connectivity index (χ0) is 23.6. The van der Waals surface area contributed by atoms with Crippen LogP contribution in [-0.4, -0.2) is 84.0 Å². The Morgan fingerprint density at radius 1 is 0.559 bits per heavy atom. The van der Waals surface area contributed by atoms with Crippen LogP contribution in [0.4, 0.5) is 0 Å². The third kappa shape index (κ3) is 6.65. The lowest BCUT2D eigenvalue weighted by atomic mass is 10.0. The fourth-order valence-corrected chi connectivity index (χ4v) is 5.24. The first-order valence-electron chi connectivity index (χ1n) is 12.6. The molecule has 2 fully saturated rings. The van der Waals surface area contributed by atoms with Crippen molar-refractivity contribution in [3.63, 3.8) is 0 Å². The quantitative estimate of drug-likeness (QED) is 0.704. The molecule has 2 saturated heterocycles. The number of nitrogens with zero attached hydrogens (tertiary/aromatic N) is 6. The van der Waals surface area contributed by atoms with Crippen LogP contribution in [-0.2, 0) is 13.1 Å². The Hall–Kier alpha value is -2.74. The lowest BCUT2D eigenvalue weighted by molar-refractivity contribution is 0.0749. The van der Waals surface area contributed by atoms with Gasteiger partial charge in [-0.3, -0.25) is 19.6 Å². The fraction of sp³-hybridized carbons (Fsp3) is 0.500. The van der Waals surface area contributed by atoms with Crippen molar-refractivity contribution >= 4 is 0 Å². The maximum absolute atomic E-state index is 10.1. The molecule has 2 bridgehead atoms. The summed E-state index contributed by atoms with van der Waals surface area (Å²) in [5.74, 6) is 0. The lowest BCUT2D eigenvalue weighted by Gasteiger charge is -2.40. The summed E-state index contributed by atoms with van der Waals surface area (Å²) in [7, 11) is 0. The highest BCUT2D eigenvalue weighted by Gasteiger charge is 2.34. The summed E-state index contributed by atoms with van der Waals surface area (Å²) in [6, 6.07) is 25.5. The van der Waals surface area contributed by atoms with Crippen LogP contribution in [0.1, 0.15) is 24.0 Å². The lowest BCUT2D eigenvalue weighted by Crippen LogP contribution is -2.56. The van der Waals surface area contributed by atoms with Gasteiger partial charge in [-0.05, 0) is 37.1 Å². The summed E-state index contributed by atoms with van der Waals surface area (Å²) < 4.78 is 0. The molecule has 0 amide bonds. The summed E-state index contributed by atoms with van der Waals surface area (Å²) in [5, 5.41) is 20.3. The van der Waals surface area contributed by atoms with E-state index in [1.165, 1.54) is 11.1 Å². The van der Waals surface area contributed by atoms with E-state index in [1.54, 1.807) is 0 Å². The molecule has 4 atom stereocenters. The first kappa shape index (κ1) is 24.4. The second kappa shape index (κ2) is 12.6. The minimum Gasteiger partial charge on any atom is -0.298 e. The van der Waals surface area contributed by atoms with Crippen molar-refractivity contribution in [1.82, 2.24) is 19.6 Å². The first-order chi connectivity index (χ1) is 16.8. The Kier molecular flexibility index (Phi) is 9.07. The van der Waals surface area contributed by atoms with Crippen LogP contribution < -0.4 is 0 Å². The van der Waals surface area contributed by atoms with Gasteiger partial charge in [0, 0.05) is 52.4 Å². The standard InChI is InChI=1S/C28H36N6/c29-21-27-28(22-30)34-15-7-13-31(23-25-9-3-1-4-10-25)17-19-33(27)16-8-14-32(18-20-34)24-26-11-5-2-6-12-26/h1-6,9-12,27-28H,7-8,13-20,23-24H2/t27-,28-/m0/s1. The first-order valence-corrected chi connectivity index (χ1v) is 12.6. The number of hydrogen-bond acceptors (Lipinski definition) is 6. The SMILES string of the molecule is N#C[C@H]1[C@H](C#N)N2CCCN(Cc3ccccc3)CCN1CCCN(Cc1ccccc1)CC2. The van der Waals surface area contributed by atoms with Gasteiger partial charge in [0.2, 0.25) is 0 Å². The highest BCUT2D eigenvalue weighted by Crippen LogP contribution is 2.18. The molecule has 6 heteroatoms. The summed E-state index contributed by atoms with van der Waals surface area (Å²) in [5.41, 5.74) is 2.65. The van der Waals surface area contributed by atoms with Gasteiger partial charge in [0.15, 0.2) is 0 Å². The van der Waals surface area contributed by atoms with Gasteiger partial charge in [-0.2, -0.15) is 10.5 Å². The van der Waals surface area contributed by atoms with Crippen molar-refractivity contribution in [1.29, 1.82) is 10.5 Å². The molecular weight excluding hydrogens is 420 g/mol. The maximum atomic E-state index is 10.1. The van der Waals surface area contributed by atoms with Gasteiger partial charge in [0.1, 0.15) is 12.1 Å². The normalized spacial score (nSPS) is 27.4. The van der Waals surface area contributed by atoms with Crippen LogP contribution in [0.2, 0.25) is 0 Å². The molecule has 34 heavy (non-hydrogen) atoms. The van der Waals surface area contributed by atoms with Gasteiger partial charge in [-0.1, -0.05) is 60.7 Å². The van der Waals surface area contributed by atoms with E-state index in [0.29, 0.717) is 0 Å². The minimum absolute atomic E-state index is 0.387. The van der Waals surface area contributed by atoms with E-state index in [2.05, 4.69) is 92.4 Å². The predicted molar refractivity (Wildman–Crippen MR) is 135 cm³/mol. The van der Waals surface area contributed by atoms with Crippen LogP contribution in [0.15, 0.2) is 60.7 Å². The van der Waals surface area contributed by atoms with Gasteiger partial charge in [0.05, 0.1) is 12.1 Å². The third-order valence-electron chi connectivity index (χ3n) is 7.09. The van der Waals surface area contributed by atoms with Crippen LogP contribution in [0, 0.1) is 22.7 Å². The molecule has 2 aromatic rings. The molecule has 0 saturated carbocycles. The molecule has 0 spiro atoms. The van der Waals surface area contributed by atoms with E-state index in [0.717, 1.165) is 78.3 Å². The smallest absolute Gasteiger partial charge is 0.127 e. The molecule has 2 aliphatic rings. The zero-order valence-corrected chi connectivity index (χ0v) is 20.1. The second-order valence-corrected chi connectivity index (χ2v) is 9.45. The number of hydrogen-bond donors (Lipinski definition) is 0. The van der Waals surface area contributed by atoms with E-state index >= 15 is 0 Å². The molecule has 2 aromatic carbocycles. The number of benzene rings is 2. The van der Waals surface area contributed by atoms with Gasteiger partial charge in [-0.15, -0.1) is 0 Å². The van der Waals surface area contributed by atoms with Gasteiger partial charge in [0.25, 0.3) is 0 Å². The largest absolute Gasteiger partial charge is 0.298 e. The van der Waals surface area contributed by atoms with E-state index in [4.69, 9.17) is 0 Å². The molecule has 4 rings (SSSR count).